The van der Waals surface area contributed by atoms with E-state index in [1.807, 2.05) is 0 Å². The van der Waals surface area contributed by atoms with Crippen LogP contribution in [-0.2, 0) is 6.18 Å². The Balaban J connectivity index is 2.38. The number of alkyl halides is 3. The largest absolute Gasteiger partial charge is 0.419 e. The van der Waals surface area contributed by atoms with E-state index in [2.05, 4.69) is 4.98 Å². The Labute approximate surface area is 110 Å². The third-order valence-corrected chi connectivity index (χ3v) is 3.51. The summed E-state index contributed by atoms with van der Waals surface area (Å²) in [5, 5.41) is 0. The van der Waals surface area contributed by atoms with Crippen LogP contribution in [0, 0.1) is 0 Å². The summed E-state index contributed by atoms with van der Waals surface area (Å²) < 4.78 is 39.1. The molecule has 1 atom stereocenters. The van der Waals surface area contributed by atoms with Crippen LogP contribution in [0.5, 0.6) is 0 Å². The van der Waals surface area contributed by atoms with E-state index in [1.54, 1.807) is 4.90 Å². The van der Waals surface area contributed by atoms with Crippen LogP contribution in [0.2, 0.25) is 0 Å². The fourth-order valence-electron chi connectivity index (χ4n) is 2.55. The van der Waals surface area contributed by atoms with Crippen molar-refractivity contribution in [1.82, 2.24) is 4.98 Å². The summed E-state index contributed by atoms with van der Waals surface area (Å²) in [5.74, 6) is 0.0207. The molecule has 1 saturated heterocycles. The van der Waals surface area contributed by atoms with E-state index in [9.17, 15) is 13.2 Å². The van der Waals surface area contributed by atoms with Crippen LogP contribution < -0.4 is 10.6 Å². The second-order valence-corrected chi connectivity index (χ2v) is 4.80. The highest BCUT2D eigenvalue weighted by Crippen LogP contribution is 2.36. The predicted octanol–water partition coefficient (Wildman–Crippen LogP) is 2.81. The van der Waals surface area contributed by atoms with Gasteiger partial charge in [-0.3, -0.25) is 0 Å². The van der Waals surface area contributed by atoms with Crippen molar-refractivity contribution in [3.05, 3.63) is 23.9 Å². The van der Waals surface area contributed by atoms with Gasteiger partial charge in [0, 0.05) is 25.3 Å². The molecule has 1 aromatic heterocycles. The number of hydrogen-bond acceptors (Lipinski definition) is 3. The van der Waals surface area contributed by atoms with Crippen molar-refractivity contribution in [2.24, 2.45) is 5.73 Å². The maximum absolute atomic E-state index is 13.0. The lowest BCUT2D eigenvalue weighted by atomic mass is 10.1. The van der Waals surface area contributed by atoms with Crippen LogP contribution in [0.1, 0.15) is 31.2 Å². The lowest BCUT2D eigenvalue weighted by Gasteiger charge is -2.32. The number of pyridine rings is 1. The smallest absolute Gasteiger partial charge is 0.352 e. The summed E-state index contributed by atoms with van der Waals surface area (Å²) in [6.45, 7) is 0.940. The van der Waals surface area contributed by atoms with Crippen molar-refractivity contribution < 1.29 is 13.2 Å². The first-order chi connectivity index (χ1) is 9.04. The number of halogens is 3. The summed E-state index contributed by atoms with van der Waals surface area (Å²) in [6.07, 6.45) is 0.764. The van der Waals surface area contributed by atoms with E-state index in [4.69, 9.17) is 5.73 Å². The summed E-state index contributed by atoms with van der Waals surface area (Å²) in [4.78, 5) is 5.69. The number of anilines is 1. The molecule has 0 bridgehead atoms. The molecule has 0 aliphatic carbocycles. The molecule has 1 aliphatic rings. The Morgan fingerprint density at radius 2 is 2.11 bits per heavy atom. The minimum absolute atomic E-state index is 0.0207. The second kappa shape index (κ2) is 5.77. The number of hydrogen-bond donors (Lipinski definition) is 1. The molecule has 2 heterocycles. The van der Waals surface area contributed by atoms with Gasteiger partial charge >= 0.3 is 6.18 Å². The molecule has 0 saturated carbocycles. The van der Waals surface area contributed by atoms with Crippen molar-refractivity contribution in [3.8, 4) is 0 Å². The summed E-state index contributed by atoms with van der Waals surface area (Å²) in [7, 11) is 0. The van der Waals surface area contributed by atoms with Crippen molar-refractivity contribution in [2.45, 2.75) is 37.9 Å². The van der Waals surface area contributed by atoms with Gasteiger partial charge in [-0.25, -0.2) is 4.98 Å². The van der Waals surface area contributed by atoms with Crippen LogP contribution in [0.4, 0.5) is 19.0 Å². The molecule has 2 N–H and O–H groups in total. The maximum Gasteiger partial charge on any atom is 0.419 e. The zero-order chi connectivity index (χ0) is 13.9. The molecule has 19 heavy (non-hydrogen) atoms. The molecule has 1 aromatic rings. The molecule has 0 radical (unpaired) electrons. The average molecular weight is 273 g/mol. The third kappa shape index (κ3) is 3.18. The number of nitrogens with two attached hydrogens (primary N) is 1. The molecule has 0 spiro atoms. The summed E-state index contributed by atoms with van der Waals surface area (Å²) in [5.41, 5.74) is 5.04. The van der Waals surface area contributed by atoms with Gasteiger partial charge in [-0.15, -0.1) is 0 Å². The van der Waals surface area contributed by atoms with Crippen LogP contribution in [0.15, 0.2) is 18.3 Å². The fourth-order valence-corrected chi connectivity index (χ4v) is 2.55. The van der Waals surface area contributed by atoms with E-state index in [1.165, 1.54) is 12.3 Å². The van der Waals surface area contributed by atoms with Gasteiger partial charge in [-0.05, 0) is 25.0 Å². The zero-order valence-corrected chi connectivity index (χ0v) is 10.7. The topological polar surface area (TPSA) is 42.1 Å². The van der Waals surface area contributed by atoms with E-state index in [0.717, 1.165) is 31.7 Å². The first kappa shape index (κ1) is 14.1. The molecule has 1 unspecified atom stereocenters. The molecule has 3 nitrogen and oxygen atoms in total. The number of aromatic nitrogens is 1. The minimum Gasteiger partial charge on any atom is -0.352 e. The van der Waals surface area contributed by atoms with Crippen molar-refractivity contribution in [1.29, 1.82) is 0 Å². The van der Waals surface area contributed by atoms with Gasteiger partial charge in [0.25, 0.3) is 0 Å². The van der Waals surface area contributed by atoms with Crippen LogP contribution in [-0.4, -0.2) is 24.1 Å². The van der Waals surface area contributed by atoms with E-state index >= 15 is 0 Å². The standard InChI is InChI=1S/C13H18F3N3/c14-13(15,16)11-6-4-7-18-12(11)19-8-3-1-2-5-10(19)9-17/h4,6-7,10H,1-3,5,8-9,17H2. The average Bonchev–Trinajstić information content (AvgIpc) is 2.62. The first-order valence-electron chi connectivity index (χ1n) is 6.53. The molecule has 1 aliphatic heterocycles. The predicted molar refractivity (Wildman–Crippen MR) is 67.9 cm³/mol. The molecule has 6 heteroatoms. The van der Waals surface area contributed by atoms with E-state index < -0.39 is 11.7 Å². The molecule has 1 fully saturated rings. The summed E-state index contributed by atoms with van der Waals surface area (Å²) in [6, 6.07) is 2.35. The lowest BCUT2D eigenvalue weighted by Crippen LogP contribution is -2.41. The third-order valence-electron chi connectivity index (χ3n) is 3.51. The first-order valence-corrected chi connectivity index (χ1v) is 6.53. The van der Waals surface area contributed by atoms with E-state index in [-0.39, 0.29) is 11.9 Å². The molecule has 106 valence electrons. The van der Waals surface area contributed by atoms with Gasteiger partial charge in [0.15, 0.2) is 0 Å². The van der Waals surface area contributed by atoms with Crippen LogP contribution in [0.3, 0.4) is 0 Å². The Morgan fingerprint density at radius 1 is 1.32 bits per heavy atom. The fraction of sp³-hybridized carbons (Fsp3) is 0.615. The molecular weight excluding hydrogens is 255 g/mol. The van der Waals surface area contributed by atoms with Crippen molar-refractivity contribution in [2.75, 3.05) is 18.0 Å². The Hall–Kier alpha value is -1.30. The van der Waals surface area contributed by atoms with Crippen molar-refractivity contribution >= 4 is 5.82 Å². The van der Waals surface area contributed by atoms with Gasteiger partial charge in [-0.1, -0.05) is 12.8 Å². The lowest BCUT2D eigenvalue weighted by molar-refractivity contribution is -0.137. The summed E-state index contributed by atoms with van der Waals surface area (Å²) >= 11 is 0. The zero-order valence-electron chi connectivity index (χ0n) is 10.7. The van der Waals surface area contributed by atoms with Gasteiger partial charge < -0.3 is 10.6 Å². The van der Waals surface area contributed by atoms with Crippen molar-refractivity contribution in [3.63, 3.8) is 0 Å². The van der Waals surface area contributed by atoms with Crippen LogP contribution in [0.25, 0.3) is 0 Å². The SMILES string of the molecule is NCC1CCCCCN1c1ncccc1C(F)(F)F. The molecular formula is C13H18F3N3. The van der Waals surface area contributed by atoms with Gasteiger partial charge in [0.2, 0.25) is 0 Å². The van der Waals surface area contributed by atoms with Gasteiger partial charge in [-0.2, -0.15) is 13.2 Å². The number of nitrogens with zero attached hydrogens (tertiary/aromatic N) is 2. The maximum atomic E-state index is 13.0. The van der Waals surface area contributed by atoms with E-state index in [0.29, 0.717) is 13.1 Å². The normalized spacial score (nSPS) is 21.3. The minimum atomic E-state index is -4.38. The highest BCUT2D eigenvalue weighted by molar-refractivity contribution is 5.49. The van der Waals surface area contributed by atoms with Gasteiger partial charge in [0.1, 0.15) is 5.82 Å². The molecule has 0 amide bonds. The number of rotatable bonds is 2. The van der Waals surface area contributed by atoms with Gasteiger partial charge in [0.05, 0.1) is 5.56 Å². The molecule has 2 rings (SSSR count). The highest BCUT2D eigenvalue weighted by Gasteiger charge is 2.37. The Morgan fingerprint density at radius 3 is 2.79 bits per heavy atom. The highest BCUT2D eigenvalue weighted by atomic mass is 19.4. The Bertz CT molecular complexity index is 420. The monoisotopic (exact) mass is 273 g/mol. The van der Waals surface area contributed by atoms with Crippen LogP contribution >= 0.6 is 0 Å². The Kier molecular flexibility index (Phi) is 4.29. The quantitative estimate of drug-likeness (QED) is 0.901. The second-order valence-electron chi connectivity index (χ2n) is 4.80. The molecule has 0 aromatic carbocycles.